The summed E-state index contributed by atoms with van der Waals surface area (Å²) in [4.78, 5) is 24.2. The number of carbonyl (C=O) groups excluding carboxylic acids is 2. The minimum Gasteiger partial charge on any atom is -0.333 e. The minimum atomic E-state index is -0.545. The summed E-state index contributed by atoms with van der Waals surface area (Å²) in [7, 11) is 0. The highest BCUT2D eigenvalue weighted by Crippen LogP contribution is 2.33. The maximum Gasteiger partial charge on any atom is 0.321 e. The van der Waals surface area contributed by atoms with Crippen LogP contribution in [-0.4, -0.2) is 38.0 Å². The molecule has 0 aliphatic carbocycles. The molecule has 31 heavy (non-hydrogen) atoms. The molecule has 0 fully saturated rings. The van der Waals surface area contributed by atoms with E-state index < -0.39 is 17.5 Å². The summed E-state index contributed by atoms with van der Waals surface area (Å²) in [5, 5.41) is 15.0. The summed E-state index contributed by atoms with van der Waals surface area (Å²) in [6, 6.07) is 14.1. The number of nitrogens with one attached hydrogen (secondary N) is 2. The van der Waals surface area contributed by atoms with Crippen LogP contribution >= 0.6 is 35.0 Å². The van der Waals surface area contributed by atoms with Crippen molar-refractivity contribution in [2.45, 2.75) is 31.5 Å². The Hall–Kier alpha value is -2.55. The van der Waals surface area contributed by atoms with Gasteiger partial charge >= 0.3 is 6.03 Å². The molecule has 3 aromatic rings. The molecule has 0 radical (unpaired) electrons. The van der Waals surface area contributed by atoms with Gasteiger partial charge in [-0.1, -0.05) is 53.2 Å². The van der Waals surface area contributed by atoms with Crippen LogP contribution in [0.15, 0.2) is 53.7 Å². The molecule has 1 aromatic heterocycles. The van der Waals surface area contributed by atoms with Gasteiger partial charge in [-0.05, 0) is 51.1 Å². The van der Waals surface area contributed by atoms with Crippen LogP contribution in [0.25, 0.3) is 17.1 Å². The van der Waals surface area contributed by atoms with Crippen molar-refractivity contribution in [2.75, 3.05) is 5.75 Å². The van der Waals surface area contributed by atoms with Gasteiger partial charge in [-0.15, -0.1) is 10.2 Å². The lowest BCUT2D eigenvalue weighted by atomic mass is 10.1. The molecule has 3 rings (SSSR count). The average Bonchev–Trinajstić information content (AvgIpc) is 3.09. The maximum atomic E-state index is 12.2. The van der Waals surface area contributed by atoms with Crippen LogP contribution in [0, 0.1) is 0 Å². The lowest BCUT2D eigenvalue weighted by Gasteiger charge is -2.20. The zero-order valence-electron chi connectivity index (χ0n) is 17.1. The third-order valence-electron chi connectivity index (χ3n) is 3.89. The van der Waals surface area contributed by atoms with Crippen LogP contribution in [0.4, 0.5) is 4.79 Å². The van der Waals surface area contributed by atoms with Crippen molar-refractivity contribution in [3.8, 4) is 17.1 Å². The van der Waals surface area contributed by atoms with Crippen molar-refractivity contribution in [3.63, 3.8) is 0 Å². The zero-order chi connectivity index (χ0) is 22.6. The lowest BCUT2D eigenvalue weighted by Crippen LogP contribution is -2.48. The first-order valence-electron chi connectivity index (χ1n) is 9.35. The number of para-hydroxylation sites is 1. The van der Waals surface area contributed by atoms with Gasteiger partial charge in [0, 0.05) is 21.8 Å². The number of benzene rings is 2. The van der Waals surface area contributed by atoms with Gasteiger partial charge in [0.15, 0.2) is 11.0 Å². The van der Waals surface area contributed by atoms with Crippen molar-refractivity contribution in [3.05, 3.63) is 58.6 Å². The van der Waals surface area contributed by atoms with Crippen LogP contribution < -0.4 is 10.6 Å². The minimum absolute atomic E-state index is 0.0170. The Balaban J connectivity index is 1.85. The first-order valence-corrected chi connectivity index (χ1v) is 11.1. The van der Waals surface area contributed by atoms with E-state index >= 15 is 0 Å². The number of hydrogen-bond donors (Lipinski definition) is 2. The fourth-order valence-corrected chi connectivity index (χ4v) is 3.93. The fraction of sp³-hybridized carbons (Fsp3) is 0.238. The van der Waals surface area contributed by atoms with Gasteiger partial charge in [0.2, 0.25) is 5.91 Å². The predicted octanol–water partition coefficient (Wildman–Crippen LogP) is 4.96. The first-order chi connectivity index (χ1) is 14.6. The number of hydrogen-bond acceptors (Lipinski definition) is 5. The Labute approximate surface area is 194 Å². The third kappa shape index (κ3) is 6.22. The Morgan fingerprint density at radius 1 is 1.06 bits per heavy atom. The number of halogens is 2. The van der Waals surface area contributed by atoms with E-state index in [1.54, 1.807) is 18.2 Å². The maximum absolute atomic E-state index is 12.2. The van der Waals surface area contributed by atoms with Crippen molar-refractivity contribution in [2.24, 2.45) is 0 Å². The zero-order valence-corrected chi connectivity index (χ0v) is 19.5. The molecule has 0 aliphatic rings. The van der Waals surface area contributed by atoms with Crippen molar-refractivity contribution < 1.29 is 9.59 Å². The normalized spacial score (nSPS) is 11.3. The summed E-state index contributed by atoms with van der Waals surface area (Å²) in [6.07, 6.45) is 0. The lowest BCUT2D eigenvalue weighted by molar-refractivity contribution is -0.117. The van der Waals surface area contributed by atoms with Gasteiger partial charge in [0.25, 0.3) is 0 Å². The Kier molecular flexibility index (Phi) is 7.25. The molecule has 0 spiro atoms. The van der Waals surface area contributed by atoms with Gasteiger partial charge in [0.05, 0.1) is 10.8 Å². The van der Waals surface area contributed by atoms with Crippen LogP contribution in [0.1, 0.15) is 20.8 Å². The molecular formula is C21H21Cl2N5O2S. The second-order valence-corrected chi connectivity index (χ2v) is 9.43. The number of amides is 3. The SMILES string of the molecule is CC(C)(C)NC(=O)NC(=O)CSc1nnc(-c2ccc(Cl)cc2Cl)n1-c1ccccc1. The van der Waals surface area contributed by atoms with Crippen molar-refractivity contribution >= 4 is 46.9 Å². The summed E-state index contributed by atoms with van der Waals surface area (Å²) in [5.41, 5.74) is 1.02. The van der Waals surface area contributed by atoms with E-state index in [9.17, 15) is 9.59 Å². The van der Waals surface area contributed by atoms with Crippen LogP contribution in [0.5, 0.6) is 0 Å². The summed E-state index contributed by atoms with van der Waals surface area (Å²) in [6.45, 7) is 5.49. The molecule has 10 heteroatoms. The van der Waals surface area contributed by atoms with E-state index in [1.165, 1.54) is 0 Å². The number of imide groups is 1. The van der Waals surface area contributed by atoms with E-state index in [4.69, 9.17) is 23.2 Å². The Morgan fingerprint density at radius 3 is 2.42 bits per heavy atom. The van der Waals surface area contributed by atoms with Crippen LogP contribution in [-0.2, 0) is 4.79 Å². The summed E-state index contributed by atoms with van der Waals surface area (Å²) in [5.74, 6) is 0.0540. The van der Waals surface area contributed by atoms with Gasteiger partial charge in [-0.25, -0.2) is 4.79 Å². The van der Waals surface area contributed by atoms with E-state index in [0.717, 1.165) is 17.4 Å². The second-order valence-electron chi connectivity index (χ2n) is 7.64. The number of rotatable bonds is 5. The van der Waals surface area contributed by atoms with Crippen molar-refractivity contribution in [1.29, 1.82) is 0 Å². The number of aromatic nitrogens is 3. The van der Waals surface area contributed by atoms with Gasteiger partial charge < -0.3 is 5.32 Å². The van der Waals surface area contributed by atoms with Gasteiger partial charge in [0.1, 0.15) is 0 Å². The van der Waals surface area contributed by atoms with Gasteiger partial charge in [-0.3, -0.25) is 14.7 Å². The molecule has 3 amide bonds. The number of carbonyl (C=O) groups is 2. The molecular weight excluding hydrogens is 457 g/mol. The highest BCUT2D eigenvalue weighted by atomic mass is 35.5. The molecule has 0 saturated carbocycles. The third-order valence-corrected chi connectivity index (χ3v) is 5.37. The van der Waals surface area contributed by atoms with E-state index in [-0.39, 0.29) is 5.75 Å². The monoisotopic (exact) mass is 477 g/mol. The molecule has 2 aromatic carbocycles. The van der Waals surface area contributed by atoms with Crippen LogP contribution in [0.3, 0.4) is 0 Å². The molecule has 7 nitrogen and oxygen atoms in total. The second kappa shape index (κ2) is 9.72. The predicted molar refractivity (Wildman–Crippen MR) is 124 cm³/mol. The Morgan fingerprint density at radius 2 is 1.77 bits per heavy atom. The van der Waals surface area contributed by atoms with Crippen molar-refractivity contribution in [1.82, 2.24) is 25.4 Å². The highest BCUT2D eigenvalue weighted by molar-refractivity contribution is 7.99. The Bertz CT molecular complexity index is 1100. The molecule has 1 heterocycles. The first kappa shape index (κ1) is 23.1. The van der Waals surface area contributed by atoms with E-state index in [2.05, 4.69) is 20.8 Å². The largest absolute Gasteiger partial charge is 0.333 e. The summed E-state index contributed by atoms with van der Waals surface area (Å²) >= 11 is 13.6. The topological polar surface area (TPSA) is 88.9 Å². The smallest absolute Gasteiger partial charge is 0.321 e. The molecule has 0 bridgehead atoms. The fourth-order valence-electron chi connectivity index (χ4n) is 2.68. The molecule has 2 N–H and O–H groups in total. The molecule has 0 unspecified atom stereocenters. The standard InChI is InChI=1S/C21H21Cl2N5O2S/c1-21(2,3)25-19(30)24-17(29)12-31-20-27-26-18(15-10-9-13(22)11-16(15)23)28(20)14-7-5-4-6-8-14/h4-11H,12H2,1-3H3,(H2,24,25,29,30). The number of nitrogens with zero attached hydrogens (tertiary/aromatic N) is 3. The highest BCUT2D eigenvalue weighted by Gasteiger charge is 2.20. The molecule has 162 valence electrons. The van der Waals surface area contributed by atoms with Crippen LogP contribution in [0.2, 0.25) is 10.0 Å². The number of urea groups is 1. The molecule has 0 saturated heterocycles. The molecule has 0 aliphatic heterocycles. The molecule has 0 atom stereocenters. The van der Waals surface area contributed by atoms with E-state index in [1.807, 2.05) is 55.7 Å². The summed E-state index contributed by atoms with van der Waals surface area (Å²) < 4.78 is 1.81. The average molecular weight is 478 g/mol. The van der Waals surface area contributed by atoms with E-state index in [0.29, 0.717) is 26.6 Å². The number of thioether (sulfide) groups is 1. The van der Waals surface area contributed by atoms with Gasteiger partial charge in [-0.2, -0.15) is 0 Å². The quantitative estimate of drug-likeness (QED) is 0.507.